The summed E-state index contributed by atoms with van der Waals surface area (Å²) in [5, 5.41) is 10.7. The standard InChI is InChI=1S/C51H24B5N5O/c52-42-41(43(53)45(55)46(56)44(42)54)50-57-49(25-23-34-28-14-5-4-13-27(28)31-17-10-20-37-39(31)40(34)38(24-25)62-37)58-51(59-50)61-36-19-9-7-16-30(36)33-22-21-32-29-15-6-8-18-35(29)60(47(32)48(33)61)26-11-2-1-3-12-26/h1-24H. The lowest BCUT2D eigenvalue weighted by Crippen LogP contribution is -2.55. The Morgan fingerprint density at radius 2 is 0.919 bits per heavy atom. The number of nitrogens with zero attached hydrogens (tertiary/aromatic N) is 5. The number of aromatic nitrogens is 5. The molecule has 0 atom stereocenters. The fraction of sp³-hybridized carbons (Fsp3) is 0. The minimum absolute atomic E-state index is 0.0988. The van der Waals surface area contributed by atoms with Gasteiger partial charge in [0, 0.05) is 49.1 Å². The van der Waals surface area contributed by atoms with Crippen molar-refractivity contribution in [2.45, 2.75) is 0 Å². The van der Waals surface area contributed by atoms with Crippen LogP contribution in [0.15, 0.2) is 150 Å². The first-order chi connectivity index (χ1) is 30.4. The number of rotatable bonds is 4. The Kier molecular flexibility index (Phi) is 7.26. The molecule has 0 bridgehead atoms. The Morgan fingerprint density at radius 3 is 1.61 bits per heavy atom. The van der Waals surface area contributed by atoms with Crippen LogP contribution in [0, 0.1) is 0 Å². The third-order valence-electron chi connectivity index (χ3n) is 12.6. The molecular formula is C51H24B5N5O. The molecule has 0 unspecified atom stereocenters. The van der Waals surface area contributed by atoms with Gasteiger partial charge in [-0.15, -0.1) is 16.4 Å². The van der Waals surface area contributed by atoms with Crippen molar-refractivity contribution in [1.29, 1.82) is 0 Å². The second-order valence-corrected chi connectivity index (χ2v) is 15.8. The molecule has 9 aromatic carbocycles. The molecule has 6 nitrogen and oxygen atoms in total. The molecule has 0 saturated heterocycles. The Bertz CT molecular complexity index is 4030. The van der Waals surface area contributed by atoms with Gasteiger partial charge in [0.1, 0.15) is 50.4 Å². The number of hydrogen-bond donors (Lipinski definition) is 0. The maximum Gasteiger partial charge on any atom is 0.238 e. The van der Waals surface area contributed by atoms with Gasteiger partial charge in [-0.25, -0.2) is 4.98 Å². The number of hydrogen-bond acceptors (Lipinski definition) is 4. The molecule has 4 aromatic heterocycles. The first-order valence-electron chi connectivity index (χ1n) is 20.2. The third kappa shape index (κ3) is 4.68. The van der Waals surface area contributed by atoms with Gasteiger partial charge in [-0.1, -0.05) is 114 Å². The van der Waals surface area contributed by atoms with Gasteiger partial charge in [0.15, 0.2) is 11.6 Å². The van der Waals surface area contributed by atoms with Gasteiger partial charge in [-0.05, 0) is 64.0 Å². The van der Waals surface area contributed by atoms with Gasteiger partial charge in [-0.2, -0.15) is 9.97 Å². The highest BCUT2D eigenvalue weighted by molar-refractivity contribution is 6.68. The SMILES string of the molecule is [B]c1c([B])c([B])c(-c2nc(-c3cc4oc5cccc6c7ccccc7c(c3)c4c56)nc(-n3c4ccccc4c4ccc5c6ccccc6n(-c6ccccc6)c5c43)n2)c([B])c1[B]. The van der Waals surface area contributed by atoms with Crippen molar-refractivity contribution in [3.8, 4) is 34.4 Å². The molecule has 0 N–H and O–H groups in total. The van der Waals surface area contributed by atoms with Crippen LogP contribution in [0.25, 0.3) is 122 Å². The van der Waals surface area contributed by atoms with Crippen LogP contribution in [-0.4, -0.2) is 63.3 Å². The van der Waals surface area contributed by atoms with Crippen molar-refractivity contribution in [3.63, 3.8) is 0 Å². The van der Waals surface area contributed by atoms with E-state index in [1.54, 1.807) is 0 Å². The van der Waals surface area contributed by atoms with Crippen LogP contribution in [-0.2, 0) is 0 Å². The maximum absolute atomic E-state index is 6.78. The average molecular weight is 777 g/mol. The van der Waals surface area contributed by atoms with Crippen molar-refractivity contribution in [2.24, 2.45) is 0 Å². The lowest BCUT2D eigenvalue weighted by atomic mass is 9.60. The number of furan rings is 1. The summed E-state index contributed by atoms with van der Waals surface area (Å²) in [7, 11) is 32.9. The van der Waals surface area contributed by atoms with Gasteiger partial charge in [-0.3, -0.25) is 4.57 Å². The lowest BCUT2D eigenvalue weighted by Gasteiger charge is -2.21. The van der Waals surface area contributed by atoms with E-state index in [4.69, 9.17) is 58.6 Å². The Morgan fingerprint density at radius 1 is 0.387 bits per heavy atom. The Balaban J connectivity index is 1.20. The van der Waals surface area contributed by atoms with Gasteiger partial charge in [0.25, 0.3) is 0 Å². The first kappa shape index (κ1) is 35.3. The minimum atomic E-state index is 0.0988. The van der Waals surface area contributed by atoms with Crippen LogP contribution in [0.4, 0.5) is 0 Å². The normalized spacial score (nSPS) is 12.2. The predicted molar refractivity (Wildman–Crippen MR) is 260 cm³/mol. The van der Waals surface area contributed by atoms with Crippen LogP contribution in [0.1, 0.15) is 0 Å². The van der Waals surface area contributed by atoms with Gasteiger partial charge < -0.3 is 8.98 Å². The van der Waals surface area contributed by atoms with Gasteiger partial charge >= 0.3 is 0 Å². The predicted octanol–water partition coefficient (Wildman–Crippen LogP) is 7.01. The summed E-state index contributed by atoms with van der Waals surface area (Å²) in [5.41, 5.74) is 7.91. The summed E-state index contributed by atoms with van der Waals surface area (Å²) >= 11 is 0. The van der Waals surface area contributed by atoms with E-state index < -0.39 is 0 Å². The van der Waals surface area contributed by atoms with Crippen molar-refractivity contribution in [3.05, 3.63) is 146 Å². The molecule has 0 aliphatic heterocycles. The average Bonchev–Trinajstić information content (AvgIpc) is 3.98. The monoisotopic (exact) mass is 777 g/mol. The van der Waals surface area contributed by atoms with E-state index >= 15 is 0 Å². The zero-order valence-corrected chi connectivity index (χ0v) is 32.9. The number of para-hydroxylation sites is 3. The molecule has 0 spiro atoms. The topological polar surface area (TPSA) is 61.7 Å². The quantitative estimate of drug-likeness (QED) is 0.143. The zero-order chi connectivity index (χ0) is 41.5. The highest BCUT2D eigenvalue weighted by Crippen LogP contribution is 2.45. The zero-order valence-electron chi connectivity index (χ0n) is 32.9. The van der Waals surface area contributed by atoms with E-state index in [1.165, 1.54) is 0 Å². The molecule has 0 fully saturated rings. The van der Waals surface area contributed by atoms with Gasteiger partial charge in [0.2, 0.25) is 5.95 Å². The molecule has 0 amide bonds. The van der Waals surface area contributed by atoms with Crippen molar-refractivity contribution >= 4 is 154 Å². The summed E-state index contributed by atoms with van der Waals surface area (Å²) in [4.78, 5) is 15.8. The molecule has 0 aliphatic rings. The minimum Gasteiger partial charge on any atom is -0.456 e. The highest BCUT2D eigenvalue weighted by Gasteiger charge is 2.26. The molecule has 4 heterocycles. The summed E-state index contributed by atoms with van der Waals surface area (Å²) in [6.45, 7) is 0. The molecule has 13 aromatic rings. The highest BCUT2D eigenvalue weighted by atomic mass is 16.3. The Hall–Kier alpha value is -7.51. The summed E-state index contributed by atoms with van der Waals surface area (Å²) in [6.07, 6.45) is 0. The maximum atomic E-state index is 6.78. The van der Waals surface area contributed by atoms with E-state index in [1.807, 2.05) is 36.4 Å². The molecule has 62 heavy (non-hydrogen) atoms. The van der Waals surface area contributed by atoms with E-state index in [0.29, 0.717) is 22.9 Å². The van der Waals surface area contributed by atoms with Crippen molar-refractivity contribution < 1.29 is 4.42 Å². The number of benzene rings is 9. The van der Waals surface area contributed by atoms with E-state index in [0.717, 1.165) is 87.2 Å². The second kappa shape index (κ2) is 12.8. The summed E-state index contributed by atoms with van der Waals surface area (Å²) in [5.74, 6) is 0.880. The first-order valence-corrected chi connectivity index (χ1v) is 20.2. The van der Waals surface area contributed by atoms with E-state index in [2.05, 4.69) is 118 Å². The number of fused-ring (bicyclic) bond motifs is 10. The summed E-state index contributed by atoms with van der Waals surface area (Å²) in [6, 6.07) is 50.3. The Labute approximate surface area is 360 Å². The fourth-order valence-electron chi connectivity index (χ4n) is 9.82. The second-order valence-electron chi connectivity index (χ2n) is 15.8. The van der Waals surface area contributed by atoms with Crippen molar-refractivity contribution in [1.82, 2.24) is 24.1 Å². The molecule has 0 saturated carbocycles. The van der Waals surface area contributed by atoms with E-state index in [9.17, 15) is 0 Å². The lowest BCUT2D eigenvalue weighted by molar-refractivity contribution is 0.669. The molecule has 0 aliphatic carbocycles. The van der Waals surface area contributed by atoms with Crippen LogP contribution < -0.4 is 27.3 Å². The van der Waals surface area contributed by atoms with Crippen molar-refractivity contribution in [2.75, 3.05) is 0 Å². The van der Waals surface area contributed by atoms with Crippen LogP contribution >= 0.6 is 0 Å². The largest absolute Gasteiger partial charge is 0.456 e. The van der Waals surface area contributed by atoms with Crippen LogP contribution in [0.5, 0.6) is 0 Å². The van der Waals surface area contributed by atoms with Gasteiger partial charge in [0.05, 0.1) is 22.1 Å². The smallest absolute Gasteiger partial charge is 0.238 e. The summed E-state index contributed by atoms with van der Waals surface area (Å²) < 4.78 is 11.1. The molecule has 274 valence electrons. The van der Waals surface area contributed by atoms with E-state index in [-0.39, 0.29) is 38.7 Å². The molecule has 11 heteroatoms. The van der Waals surface area contributed by atoms with Crippen LogP contribution in [0.2, 0.25) is 0 Å². The fourth-order valence-corrected chi connectivity index (χ4v) is 9.82. The molecule has 13 rings (SSSR count). The third-order valence-corrected chi connectivity index (χ3v) is 12.6. The van der Waals surface area contributed by atoms with Crippen LogP contribution in [0.3, 0.4) is 0 Å². The molecular weight excluding hydrogens is 753 g/mol. The molecule has 10 radical (unpaired) electrons.